The molecule has 3 rings (SSSR count). The first kappa shape index (κ1) is 23.1. The zero-order valence-electron chi connectivity index (χ0n) is 15.4. The monoisotopic (exact) mass is 484 g/mol. The molecule has 3 unspecified atom stereocenters. The van der Waals surface area contributed by atoms with E-state index in [-0.39, 0.29) is 33.0 Å². The van der Waals surface area contributed by atoms with Gasteiger partial charge >= 0.3 is 11.0 Å². The van der Waals surface area contributed by atoms with Crippen LogP contribution in [0.25, 0.3) is 20.2 Å². The van der Waals surface area contributed by atoms with Gasteiger partial charge in [0, 0.05) is 25.4 Å². The Labute approximate surface area is 177 Å². The summed E-state index contributed by atoms with van der Waals surface area (Å²) < 4.78 is 90.5. The van der Waals surface area contributed by atoms with Crippen LogP contribution in [-0.2, 0) is 10.8 Å². The number of hydrogen-bond acceptors (Lipinski definition) is 4. The Kier molecular flexibility index (Phi) is 6.28. The van der Waals surface area contributed by atoms with Crippen LogP contribution in [0.1, 0.15) is 35.5 Å². The van der Waals surface area contributed by atoms with E-state index in [2.05, 4.69) is 0 Å². The Bertz CT molecular complexity index is 1180. The summed E-state index contributed by atoms with van der Waals surface area (Å²) in [5, 5.41) is -2.39. The minimum atomic E-state index is -5.00. The molecule has 0 aliphatic carbocycles. The number of thioether (sulfide) groups is 1. The highest BCUT2D eigenvalue weighted by atomic mass is 32.2. The van der Waals surface area contributed by atoms with Crippen molar-refractivity contribution >= 4 is 54.1 Å². The summed E-state index contributed by atoms with van der Waals surface area (Å²) >= 11 is 0.717. The largest absolute Gasteiger partial charge is 0.471 e. The van der Waals surface area contributed by atoms with E-state index in [1.165, 1.54) is 19.1 Å². The molecule has 1 aromatic heterocycles. The Balaban J connectivity index is 2.33. The van der Waals surface area contributed by atoms with Crippen molar-refractivity contribution in [3.63, 3.8) is 0 Å². The van der Waals surface area contributed by atoms with Crippen molar-refractivity contribution in [2.45, 2.75) is 35.4 Å². The molecule has 11 heteroatoms. The fraction of sp³-hybridized carbons (Fsp3) is 0.316. The van der Waals surface area contributed by atoms with E-state index in [1.54, 1.807) is 24.3 Å². The van der Waals surface area contributed by atoms with E-state index in [0.717, 1.165) is 18.3 Å². The number of benzene rings is 2. The van der Waals surface area contributed by atoms with Gasteiger partial charge in [-0.1, -0.05) is 18.2 Å². The Hall–Kier alpha value is -1.59. The third kappa shape index (κ3) is 4.67. The quantitative estimate of drug-likeness (QED) is 0.294. The van der Waals surface area contributed by atoms with Gasteiger partial charge < -0.3 is 0 Å². The van der Waals surface area contributed by atoms with E-state index >= 15 is 0 Å². The second kappa shape index (κ2) is 8.16. The summed E-state index contributed by atoms with van der Waals surface area (Å²) in [5.74, 6) is 0. The van der Waals surface area contributed by atoms with Crippen LogP contribution in [0.15, 0.2) is 41.2 Å². The van der Waals surface area contributed by atoms with Crippen molar-refractivity contribution in [1.82, 2.24) is 0 Å². The molecule has 0 spiro atoms. The molecular weight excluding hydrogens is 470 g/mol. The molecule has 0 amide bonds. The van der Waals surface area contributed by atoms with Crippen molar-refractivity contribution in [2.24, 2.45) is 0 Å². The maximum Gasteiger partial charge on any atom is 0.471 e. The van der Waals surface area contributed by atoms with Gasteiger partial charge in [-0.2, -0.15) is 26.3 Å². The average Bonchev–Trinajstić information content (AvgIpc) is 2.64. The number of rotatable bonds is 4. The second-order valence-corrected chi connectivity index (χ2v) is 10.7. The normalized spacial score (nSPS) is 16.0. The lowest BCUT2D eigenvalue weighted by atomic mass is 10.0. The lowest BCUT2D eigenvalue weighted by Gasteiger charge is -2.20. The van der Waals surface area contributed by atoms with E-state index in [9.17, 15) is 35.3 Å². The van der Waals surface area contributed by atoms with Crippen molar-refractivity contribution < 1.29 is 30.6 Å². The van der Waals surface area contributed by atoms with E-state index < -0.39 is 37.7 Å². The molecule has 0 saturated heterocycles. The molecule has 2 nitrogen and oxygen atoms in total. The Morgan fingerprint density at radius 2 is 1.63 bits per heavy atom. The highest BCUT2D eigenvalue weighted by molar-refractivity contribution is 8.00. The molecule has 0 N–H and O–H groups in total. The minimum Gasteiger partial charge on any atom is -0.289 e. The van der Waals surface area contributed by atoms with Gasteiger partial charge in [-0.15, -0.1) is 11.3 Å². The molecule has 0 aliphatic heterocycles. The highest BCUT2D eigenvalue weighted by Crippen LogP contribution is 2.44. The highest BCUT2D eigenvalue weighted by Gasteiger charge is 2.41. The van der Waals surface area contributed by atoms with Crippen LogP contribution in [0.2, 0.25) is 0 Å². The predicted molar refractivity (Wildman–Crippen MR) is 110 cm³/mol. The van der Waals surface area contributed by atoms with Crippen LogP contribution < -0.4 is 5.43 Å². The number of hydrogen-bond donors (Lipinski definition) is 0. The SMILES string of the molecule is CC(SC(F)(F)F)c1cc(C(C)S(=O)C(F)(F)F)c2sc3ccccc3c(=O)c2c1. The van der Waals surface area contributed by atoms with Crippen LogP contribution in [0.3, 0.4) is 0 Å². The summed E-state index contributed by atoms with van der Waals surface area (Å²) in [5.41, 5.74) is -10.1. The molecular formula is C19H14F6O2S3. The topological polar surface area (TPSA) is 34.1 Å². The Morgan fingerprint density at radius 1 is 1.00 bits per heavy atom. The van der Waals surface area contributed by atoms with Gasteiger partial charge in [-0.3, -0.25) is 4.79 Å². The van der Waals surface area contributed by atoms with Crippen LogP contribution in [0.4, 0.5) is 26.3 Å². The maximum atomic E-state index is 13.1. The van der Waals surface area contributed by atoms with Crippen LogP contribution in [0.5, 0.6) is 0 Å². The number of fused-ring (bicyclic) bond motifs is 2. The van der Waals surface area contributed by atoms with Gasteiger partial charge in [0.25, 0.3) is 0 Å². The minimum absolute atomic E-state index is 0.0202. The summed E-state index contributed by atoms with van der Waals surface area (Å²) in [4.78, 5) is 13.0. The third-order valence-electron chi connectivity index (χ3n) is 4.50. The first-order valence-electron chi connectivity index (χ1n) is 8.51. The summed E-state index contributed by atoms with van der Waals surface area (Å²) in [6.07, 6.45) is 0. The molecule has 162 valence electrons. The lowest BCUT2D eigenvalue weighted by Crippen LogP contribution is -2.21. The first-order valence-corrected chi connectivity index (χ1v) is 11.4. The predicted octanol–water partition coefficient (Wildman–Crippen LogP) is 7.06. The molecule has 0 aliphatic rings. The fourth-order valence-electron chi connectivity index (χ4n) is 3.08. The van der Waals surface area contributed by atoms with Crippen molar-refractivity contribution in [1.29, 1.82) is 0 Å². The van der Waals surface area contributed by atoms with Crippen LogP contribution in [0, 0.1) is 0 Å². The zero-order valence-corrected chi connectivity index (χ0v) is 17.9. The fourth-order valence-corrected chi connectivity index (χ4v) is 5.89. The number of alkyl halides is 6. The van der Waals surface area contributed by atoms with E-state index in [4.69, 9.17) is 0 Å². The van der Waals surface area contributed by atoms with Crippen LogP contribution >= 0.6 is 23.1 Å². The smallest absolute Gasteiger partial charge is 0.289 e. The molecule has 0 fully saturated rings. The lowest BCUT2D eigenvalue weighted by molar-refractivity contribution is -0.0392. The molecule has 0 saturated carbocycles. The second-order valence-electron chi connectivity index (χ2n) is 6.51. The summed E-state index contributed by atoms with van der Waals surface area (Å²) in [6.45, 7) is 2.35. The van der Waals surface area contributed by atoms with Gasteiger partial charge in [0.1, 0.15) is 10.8 Å². The van der Waals surface area contributed by atoms with Gasteiger partial charge in [0.15, 0.2) is 5.43 Å². The van der Waals surface area contributed by atoms with Gasteiger partial charge in [0.05, 0.1) is 5.25 Å². The van der Waals surface area contributed by atoms with Crippen molar-refractivity contribution in [3.8, 4) is 0 Å². The van der Waals surface area contributed by atoms with Crippen molar-refractivity contribution in [3.05, 3.63) is 57.7 Å². The van der Waals surface area contributed by atoms with Crippen LogP contribution in [-0.4, -0.2) is 15.2 Å². The molecule has 3 atom stereocenters. The zero-order chi connectivity index (χ0) is 22.4. The standard InChI is InChI=1S/C19H14F6O2S3/c1-9(29-18(20,21)22)11-7-13(10(2)30(27)19(23,24)25)17-14(8-11)16(26)12-5-3-4-6-15(12)28-17/h3-10H,1-2H3. The van der Waals surface area contributed by atoms with Gasteiger partial charge in [-0.25, -0.2) is 4.21 Å². The van der Waals surface area contributed by atoms with Gasteiger partial charge in [0.2, 0.25) is 0 Å². The summed E-state index contributed by atoms with van der Waals surface area (Å²) in [7, 11) is -3.29. The molecule has 30 heavy (non-hydrogen) atoms. The third-order valence-corrected chi connectivity index (χ3v) is 7.98. The van der Waals surface area contributed by atoms with E-state index in [0.29, 0.717) is 10.1 Å². The molecule has 3 aromatic rings. The maximum absolute atomic E-state index is 13.1. The van der Waals surface area contributed by atoms with Gasteiger partial charge in [-0.05, 0) is 54.9 Å². The molecule has 2 aromatic carbocycles. The number of halogens is 6. The summed E-state index contributed by atoms with van der Waals surface area (Å²) in [6, 6.07) is 8.95. The molecule has 0 radical (unpaired) electrons. The van der Waals surface area contributed by atoms with Crippen molar-refractivity contribution in [2.75, 3.05) is 0 Å². The first-order chi connectivity index (χ1) is 13.8. The molecule has 0 bridgehead atoms. The molecule has 1 heterocycles. The van der Waals surface area contributed by atoms with E-state index in [1.807, 2.05) is 0 Å². The Morgan fingerprint density at radius 3 is 2.23 bits per heavy atom. The average molecular weight is 485 g/mol.